The Balaban J connectivity index is 2.34. The van der Waals surface area contributed by atoms with Crippen LogP contribution in [0.3, 0.4) is 0 Å². The van der Waals surface area contributed by atoms with Gasteiger partial charge < -0.3 is 0 Å². The molecule has 1 saturated carbocycles. The first kappa shape index (κ1) is 7.83. The summed E-state index contributed by atoms with van der Waals surface area (Å²) in [5.74, 6) is 1.96. The van der Waals surface area contributed by atoms with Gasteiger partial charge in [0.25, 0.3) is 0 Å². The van der Waals surface area contributed by atoms with Gasteiger partial charge in [-0.05, 0) is 31.1 Å². The summed E-state index contributed by atoms with van der Waals surface area (Å²) >= 11 is 2.59. The molecule has 0 saturated heterocycles. The van der Waals surface area contributed by atoms with Crippen LogP contribution in [-0.4, -0.2) is 3.92 Å². The minimum Gasteiger partial charge on any atom is -0.0826 e. The molecule has 0 spiro atoms. The van der Waals surface area contributed by atoms with Gasteiger partial charge >= 0.3 is 0 Å². The van der Waals surface area contributed by atoms with E-state index in [1.165, 1.54) is 19.3 Å². The molecule has 1 heteroatoms. The van der Waals surface area contributed by atoms with E-state index in [-0.39, 0.29) is 0 Å². The predicted octanol–water partition coefficient (Wildman–Crippen LogP) is 3.25. The smallest absolute Gasteiger partial charge is 0.0115 e. The SMILES string of the molecule is CC1CC(C)CC(I)C1. The Kier molecular flexibility index (Phi) is 2.80. The van der Waals surface area contributed by atoms with E-state index in [2.05, 4.69) is 36.4 Å². The van der Waals surface area contributed by atoms with E-state index in [9.17, 15) is 0 Å². The Morgan fingerprint density at radius 1 is 1.00 bits per heavy atom. The Bertz CT molecular complexity index is 65.5. The van der Waals surface area contributed by atoms with E-state index < -0.39 is 0 Å². The molecule has 0 bridgehead atoms. The Morgan fingerprint density at radius 3 is 1.78 bits per heavy atom. The van der Waals surface area contributed by atoms with Crippen molar-refractivity contribution < 1.29 is 0 Å². The van der Waals surface area contributed by atoms with Gasteiger partial charge in [-0.3, -0.25) is 0 Å². The second-order valence-corrected chi connectivity index (χ2v) is 5.28. The number of halogens is 1. The van der Waals surface area contributed by atoms with E-state index in [0.29, 0.717) is 0 Å². The van der Waals surface area contributed by atoms with Crippen LogP contribution < -0.4 is 0 Å². The highest BCUT2D eigenvalue weighted by atomic mass is 127. The first-order valence-electron chi connectivity index (χ1n) is 3.82. The average Bonchev–Trinajstić information content (AvgIpc) is 1.59. The lowest BCUT2D eigenvalue weighted by atomic mass is 9.84. The number of hydrogen-bond donors (Lipinski definition) is 0. The summed E-state index contributed by atoms with van der Waals surface area (Å²) in [6, 6.07) is 0. The zero-order chi connectivity index (χ0) is 6.85. The predicted molar refractivity (Wildman–Crippen MR) is 50.0 cm³/mol. The Morgan fingerprint density at radius 2 is 1.44 bits per heavy atom. The standard InChI is InChI=1S/C8H15I/c1-6-3-7(2)5-8(9)4-6/h6-8H,3-5H2,1-2H3. The maximum absolute atomic E-state index is 2.59. The molecule has 0 aliphatic heterocycles. The van der Waals surface area contributed by atoms with Crippen LogP contribution >= 0.6 is 22.6 Å². The molecule has 0 amide bonds. The molecule has 2 unspecified atom stereocenters. The van der Waals surface area contributed by atoms with Crippen molar-refractivity contribution in [3.05, 3.63) is 0 Å². The molecule has 1 aliphatic rings. The van der Waals surface area contributed by atoms with Gasteiger partial charge in [0.1, 0.15) is 0 Å². The molecule has 54 valence electrons. The summed E-state index contributed by atoms with van der Waals surface area (Å²) in [5.41, 5.74) is 0. The summed E-state index contributed by atoms with van der Waals surface area (Å²) in [5, 5.41) is 0. The van der Waals surface area contributed by atoms with Crippen LogP contribution in [0.15, 0.2) is 0 Å². The summed E-state index contributed by atoms with van der Waals surface area (Å²) in [6.07, 6.45) is 4.36. The zero-order valence-electron chi connectivity index (χ0n) is 6.23. The zero-order valence-corrected chi connectivity index (χ0v) is 8.39. The van der Waals surface area contributed by atoms with Gasteiger partial charge in [-0.1, -0.05) is 36.4 Å². The first-order valence-corrected chi connectivity index (χ1v) is 5.07. The minimum atomic E-state index is 0.960. The fraction of sp³-hybridized carbons (Fsp3) is 1.00. The first-order chi connectivity index (χ1) is 4.18. The molecule has 0 N–H and O–H groups in total. The topological polar surface area (TPSA) is 0 Å². The fourth-order valence-corrected chi connectivity index (χ4v) is 3.58. The van der Waals surface area contributed by atoms with Crippen molar-refractivity contribution in [2.24, 2.45) is 11.8 Å². The van der Waals surface area contributed by atoms with Gasteiger partial charge in [-0.15, -0.1) is 0 Å². The molecule has 1 aliphatic carbocycles. The van der Waals surface area contributed by atoms with Crippen molar-refractivity contribution in [2.75, 3.05) is 0 Å². The highest BCUT2D eigenvalue weighted by molar-refractivity contribution is 14.1. The van der Waals surface area contributed by atoms with Crippen LogP contribution in [0.2, 0.25) is 0 Å². The highest BCUT2D eigenvalue weighted by Gasteiger charge is 2.21. The van der Waals surface area contributed by atoms with Crippen LogP contribution in [0.1, 0.15) is 33.1 Å². The van der Waals surface area contributed by atoms with E-state index in [0.717, 1.165) is 15.8 Å². The second kappa shape index (κ2) is 3.22. The molecule has 0 nitrogen and oxygen atoms in total. The normalized spacial score (nSPS) is 45.0. The molecule has 0 radical (unpaired) electrons. The maximum Gasteiger partial charge on any atom is 0.0115 e. The van der Waals surface area contributed by atoms with E-state index in [4.69, 9.17) is 0 Å². The van der Waals surface area contributed by atoms with Gasteiger partial charge in [0.15, 0.2) is 0 Å². The Labute approximate surface area is 71.5 Å². The van der Waals surface area contributed by atoms with E-state index >= 15 is 0 Å². The van der Waals surface area contributed by atoms with E-state index in [1.807, 2.05) is 0 Å². The van der Waals surface area contributed by atoms with Crippen molar-refractivity contribution in [1.82, 2.24) is 0 Å². The fourth-order valence-electron chi connectivity index (χ4n) is 1.85. The van der Waals surface area contributed by atoms with Gasteiger partial charge in [0, 0.05) is 3.92 Å². The minimum absolute atomic E-state index is 0.960. The second-order valence-electron chi connectivity index (χ2n) is 3.51. The third kappa shape index (κ3) is 2.44. The molecule has 1 rings (SSSR count). The highest BCUT2D eigenvalue weighted by Crippen LogP contribution is 2.32. The van der Waals surface area contributed by atoms with Crippen molar-refractivity contribution in [1.29, 1.82) is 0 Å². The molecule has 9 heavy (non-hydrogen) atoms. The monoisotopic (exact) mass is 238 g/mol. The maximum atomic E-state index is 2.59. The third-order valence-electron chi connectivity index (χ3n) is 2.12. The number of alkyl halides is 1. The lowest BCUT2D eigenvalue weighted by molar-refractivity contribution is 0.315. The van der Waals surface area contributed by atoms with Crippen molar-refractivity contribution in [2.45, 2.75) is 37.0 Å². The summed E-state index contributed by atoms with van der Waals surface area (Å²) in [4.78, 5) is 0. The lowest BCUT2D eigenvalue weighted by Gasteiger charge is -2.27. The molecule has 2 atom stereocenters. The largest absolute Gasteiger partial charge is 0.0826 e. The molecule has 1 fully saturated rings. The molecule has 0 heterocycles. The molecule has 0 aromatic heterocycles. The van der Waals surface area contributed by atoms with Gasteiger partial charge in [-0.25, -0.2) is 0 Å². The van der Waals surface area contributed by atoms with Crippen molar-refractivity contribution >= 4 is 22.6 Å². The average molecular weight is 238 g/mol. The van der Waals surface area contributed by atoms with Crippen LogP contribution in [0, 0.1) is 11.8 Å². The quantitative estimate of drug-likeness (QED) is 0.449. The van der Waals surface area contributed by atoms with Gasteiger partial charge in [-0.2, -0.15) is 0 Å². The summed E-state index contributed by atoms with van der Waals surface area (Å²) in [7, 11) is 0. The van der Waals surface area contributed by atoms with Crippen LogP contribution in [0.4, 0.5) is 0 Å². The van der Waals surface area contributed by atoms with Crippen LogP contribution in [-0.2, 0) is 0 Å². The molecular formula is C8H15I. The number of rotatable bonds is 0. The Hall–Kier alpha value is 0.730. The summed E-state index contributed by atoms with van der Waals surface area (Å²) < 4.78 is 0.960. The number of hydrogen-bond acceptors (Lipinski definition) is 0. The van der Waals surface area contributed by atoms with E-state index in [1.54, 1.807) is 0 Å². The lowest BCUT2D eigenvalue weighted by Crippen LogP contribution is -2.18. The van der Waals surface area contributed by atoms with Gasteiger partial charge in [0.2, 0.25) is 0 Å². The van der Waals surface area contributed by atoms with Crippen LogP contribution in [0.5, 0.6) is 0 Å². The van der Waals surface area contributed by atoms with Crippen molar-refractivity contribution in [3.8, 4) is 0 Å². The summed E-state index contributed by atoms with van der Waals surface area (Å²) in [6.45, 7) is 4.75. The molecule has 0 aromatic rings. The molecule has 0 aromatic carbocycles. The third-order valence-corrected chi connectivity index (χ3v) is 3.14. The van der Waals surface area contributed by atoms with Crippen molar-refractivity contribution in [3.63, 3.8) is 0 Å². The van der Waals surface area contributed by atoms with Gasteiger partial charge in [0.05, 0.1) is 0 Å². The molecular weight excluding hydrogens is 223 g/mol. The van der Waals surface area contributed by atoms with Crippen LogP contribution in [0.25, 0.3) is 0 Å².